The lowest BCUT2D eigenvalue weighted by molar-refractivity contribution is 0.415. The molecular formula is C19H18Cl2N2O3S2. The normalized spacial score (nSPS) is 22.8. The lowest BCUT2D eigenvalue weighted by Gasteiger charge is -2.27. The Morgan fingerprint density at radius 2 is 1.96 bits per heavy atom. The first-order valence-corrected chi connectivity index (χ1v) is 12.2. The molecule has 28 heavy (non-hydrogen) atoms. The molecule has 1 fully saturated rings. The van der Waals surface area contributed by atoms with Crippen LogP contribution in [-0.4, -0.2) is 44.3 Å². The number of nitrogens with zero attached hydrogens (tertiary/aromatic N) is 2. The average molecular weight is 457 g/mol. The summed E-state index contributed by atoms with van der Waals surface area (Å²) in [6.07, 6.45) is 0. The van der Waals surface area contributed by atoms with E-state index in [0.29, 0.717) is 21.5 Å². The third-order valence-electron chi connectivity index (χ3n) is 4.80. The fourth-order valence-corrected chi connectivity index (χ4v) is 6.74. The van der Waals surface area contributed by atoms with Gasteiger partial charge in [-0.1, -0.05) is 53.2 Å². The van der Waals surface area contributed by atoms with E-state index in [9.17, 15) is 8.42 Å². The number of aliphatic imine (C=N–C) groups is 1. The summed E-state index contributed by atoms with van der Waals surface area (Å²) in [7, 11) is -1.49. The Hall–Kier alpha value is -1.41. The SMILES string of the molecule is COc1ccccc1N1C(SCc2ccc(Cl)c(Cl)c2)=NC2CS(=O)(=O)CC21. The Morgan fingerprint density at radius 1 is 1.18 bits per heavy atom. The highest BCUT2D eigenvalue weighted by molar-refractivity contribution is 8.13. The molecule has 2 aromatic rings. The molecule has 2 aliphatic heterocycles. The van der Waals surface area contributed by atoms with Crippen molar-refractivity contribution in [2.24, 2.45) is 4.99 Å². The Kier molecular flexibility index (Phi) is 5.53. The Bertz CT molecular complexity index is 1040. The number of rotatable bonds is 4. The summed E-state index contributed by atoms with van der Waals surface area (Å²) in [5, 5.41) is 1.82. The second-order valence-corrected chi connectivity index (χ2v) is 10.6. The van der Waals surface area contributed by atoms with Crippen molar-refractivity contribution in [3.8, 4) is 5.75 Å². The lowest BCUT2D eigenvalue weighted by Crippen LogP contribution is -2.39. The number of hydrogen-bond acceptors (Lipinski definition) is 6. The Labute approximate surface area is 178 Å². The van der Waals surface area contributed by atoms with Gasteiger partial charge in [0.2, 0.25) is 0 Å². The van der Waals surface area contributed by atoms with Gasteiger partial charge in [0.15, 0.2) is 15.0 Å². The molecule has 0 saturated carbocycles. The number of ether oxygens (including phenoxy) is 1. The van der Waals surface area contributed by atoms with E-state index in [1.54, 1.807) is 24.9 Å². The molecule has 1 saturated heterocycles. The van der Waals surface area contributed by atoms with Gasteiger partial charge in [-0.05, 0) is 29.8 Å². The van der Waals surface area contributed by atoms with E-state index >= 15 is 0 Å². The van der Waals surface area contributed by atoms with Gasteiger partial charge >= 0.3 is 0 Å². The van der Waals surface area contributed by atoms with Crippen LogP contribution in [0.5, 0.6) is 5.75 Å². The van der Waals surface area contributed by atoms with Crippen LogP contribution >= 0.6 is 35.0 Å². The lowest BCUT2D eigenvalue weighted by atomic mass is 10.1. The maximum Gasteiger partial charge on any atom is 0.164 e. The van der Waals surface area contributed by atoms with E-state index in [0.717, 1.165) is 16.4 Å². The fraction of sp³-hybridized carbons (Fsp3) is 0.316. The van der Waals surface area contributed by atoms with Gasteiger partial charge in [0.05, 0.1) is 46.4 Å². The third-order valence-corrected chi connectivity index (χ3v) is 8.28. The van der Waals surface area contributed by atoms with Crippen molar-refractivity contribution in [1.29, 1.82) is 0 Å². The molecule has 0 spiro atoms. The highest BCUT2D eigenvalue weighted by atomic mass is 35.5. The van der Waals surface area contributed by atoms with Crippen molar-refractivity contribution in [3.63, 3.8) is 0 Å². The van der Waals surface area contributed by atoms with Crippen LogP contribution in [0, 0.1) is 0 Å². The second-order valence-electron chi connectivity index (χ2n) is 6.70. The highest BCUT2D eigenvalue weighted by Crippen LogP contribution is 2.40. The highest BCUT2D eigenvalue weighted by Gasteiger charge is 2.47. The summed E-state index contributed by atoms with van der Waals surface area (Å²) in [4.78, 5) is 6.76. The van der Waals surface area contributed by atoms with Gasteiger partial charge in [0, 0.05) is 5.75 Å². The molecule has 2 atom stereocenters. The number of methoxy groups -OCH3 is 1. The van der Waals surface area contributed by atoms with Gasteiger partial charge in [0.1, 0.15) is 5.75 Å². The monoisotopic (exact) mass is 456 g/mol. The van der Waals surface area contributed by atoms with Crippen molar-refractivity contribution >= 4 is 55.7 Å². The number of sulfone groups is 1. The van der Waals surface area contributed by atoms with Gasteiger partial charge in [-0.3, -0.25) is 4.99 Å². The zero-order valence-corrected chi connectivity index (χ0v) is 18.2. The van der Waals surface area contributed by atoms with Crippen LogP contribution in [0.4, 0.5) is 5.69 Å². The minimum absolute atomic E-state index is 0.0835. The molecule has 2 aromatic carbocycles. The minimum atomic E-state index is -3.10. The minimum Gasteiger partial charge on any atom is -0.495 e. The maximum atomic E-state index is 12.2. The Balaban J connectivity index is 1.64. The smallest absolute Gasteiger partial charge is 0.164 e. The molecule has 9 heteroatoms. The van der Waals surface area contributed by atoms with Gasteiger partial charge in [-0.15, -0.1) is 0 Å². The van der Waals surface area contributed by atoms with Crippen molar-refractivity contribution in [2.45, 2.75) is 17.8 Å². The van der Waals surface area contributed by atoms with Crippen LogP contribution in [0.15, 0.2) is 47.5 Å². The molecule has 0 bridgehead atoms. The maximum absolute atomic E-state index is 12.2. The molecule has 0 amide bonds. The molecule has 5 nitrogen and oxygen atoms in total. The number of halogens is 2. The first-order chi connectivity index (χ1) is 13.4. The predicted octanol–water partition coefficient (Wildman–Crippen LogP) is 4.28. The topological polar surface area (TPSA) is 59.0 Å². The molecular weight excluding hydrogens is 439 g/mol. The third kappa shape index (κ3) is 3.85. The zero-order chi connectivity index (χ0) is 19.9. The molecule has 0 aromatic heterocycles. The largest absolute Gasteiger partial charge is 0.495 e. The summed E-state index contributed by atoms with van der Waals surface area (Å²) in [6.45, 7) is 0. The predicted molar refractivity (Wildman–Crippen MR) is 117 cm³/mol. The van der Waals surface area contributed by atoms with E-state index in [1.165, 1.54) is 0 Å². The van der Waals surface area contributed by atoms with E-state index in [-0.39, 0.29) is 23.6 Å². The molecule has 0 aliphatic carbocycles. The zero-order valence-electron chi connectivity index (χ0n) is 15.0. The van der Waals surface area contributed by atoms with Gasteiger partial charge in [-0.25, -0.2) is 8.42 Å². The number of benzene rings is 2. The van der Waals surface area contributed by atoms with Gasteiger partial charge < -0.3 is 9.64 Å². The number of thioether (sulfide) groups is 1. The van der Waals surface area contributed by atoms with E-state index in [1.807, 2.05) is 41.3 Å². The van der Waals surface area contributed by atoms with Crippen LogP contribution < -0.4 is 9.64 Å². The summed E-state index contributed by atoms with van der Waals surface area (Å²) in [5.41, 5.74) is 1.85. The molecule has 2 unspecified atom stereocenters. The Morgan fingerprint density at radius 3 is 2.71 bits per heavy atom. The van der Waals surface area contributed by atoms with Crippen molar-refractivity contribution in [2.75, 3.05) is 23.5 Å². The molecule has 0 radical (unpaired) electrons. The van der Waals surface area contributed by atoms with Crippen LogP contribution in [0.25, 0.3) is 0 Å². The number of fused-ring (bicyclic) bond motifs is 1. The van der Waals surface area contributed by atoms with Crippen LogP contribution in [0.1, 0.15) is 5.56 Å². The van der Waals surface area contributed by atoms with E-state index < -0.39 is 9.84 Å². The van der Waals surface area contributed by atoms with Crippen molar-refractivity contribution in [1.82, 2.24) is 0 Å². The standard InChI is InChI=1S/C19H18Cl2N2O3S2/c1-26-18-5-3-2-4-16(18)23-17-11-28(24,25)10-15(17)22-19(23)27-9-12-6-7-13(20)14(21)8-12/h2-8,15,17H,9-11H2,1H3. The summed E-state index contributed by atoms with van der Waals surface area (Å²) < 4.78 is 29.9. The number of anilines is 1. The molecule has 4 rings (SSSR count). The van der Waals surface area contributed by atoms with E-state index in [2.05, 4.69) is 0 Å². The summed E-state index contributed by atoms with van der Waals surface area (Å²) in [5.74, 6) is 1.51. The van der Waals surface area contributed by atoms with Crippen LogP contribution in [0.3, 0.4) is 0 Å². The van der Waals surface area contributed by atoms with Gasteiger partial charge in [-0.2, -0.15) is 0 Å². The quantitative estimate of drug-likeness (QED) is 0.686. The number of amidine groups is 1. The summed E-state index contributed by atoms with van der Waals surface area (Å²) >= 11 is 13.7. The van der Waals surface area contributed by atoms with E-state index in [4.69, 9.17) is 32.9 Å². The molecule has 0 N–H and O–H groups in total. The molecule has 2 aliphatic rings. The average Bonchev–Trinajstić information content (AvgIpc) is 3.13. The number of hydrogen-bond donors (Lipinski definition) is 0. The molecule has 148 valence electrons. The first-order valence-electron chi connectivity index (χ1n) is 8.65. The van der Waals surface area contributed by atoms with Crippen LogP contribution in [-0.2, 0) is 15.6 Å². The van der Waals surface area contributed by atoms with Crippen molar-refractivity contribution < 1.29 is 13.2 Å². The summed E-state index contributed by atoms with van der Waals surface area (Å²) in [6, 6.07) is 12.7. The van der Waals surface area contributed by atoms with Gasteiger partial charge in [0.25, 0.3) is 0 Å². The second kappa shape index (κ2) is 7.78. The first kappa shape index (κ1) is 19.9. The van der Waals surface area contributed by atoms with Crippen LogP contribution in [0.2, 0.25) is 10.0 Å². The molecule has 2 heterocycles. The van der Waals surface area contributed by atoms with Crippen molar-refractivity contribution in [3.05, 3.63) is 58.1 Å². The number of para-hydroxylation sites is 2. The fourth-order valence-electron chi connectivity index (χ4n) is 3.52.